The highest BCUT2D eigenvalue weighted by Crippen LogP contribution is 2.27. The van der Waals surface area contributed by atoms with Gasteiger partial charge in [0, 0.05) is 67.5 Å². The predicted molar refractivity (Wildman–Crippen MR) is 373 cm³/mol. The van der Waals surface area contributed by atoms with Crippen molar-refractivity contribution in [2.45, 2.75) is 235 Å². The van der Waals surface area contributed by atoms with E-state index in [-0.39, 0.29) is 61.5 Å². The molecule has 0 radical (unpaired) electrons. The summed E-state index contributed by atoms with van der Waals surface area (Å²) in [6, 6.07) is -10.1. The first-order chi connectivity index (χ1) is 44.2. The summed E-state index contributed by atoms with van der Waals surface area (Å²) in [4.78, 5) is 177. The third-order valence-corrected chi connectivity index (χ3v) is 19.0. The third kappa shape index (κ3) is 24.2. The van der Waals surface area contributed by atoms with E-state index in [0.29, 0.717) is 18.6 Å². The van der Waals surface area contributed by atoms with Crippen molar-refractivity contribution in [2.75, 3.05) is 60.8 Å². The average molecular weight is 1350 g/mol. The molecule has 25 heteroatoms. The number of hydrogen-bond acceptors (Lipinski definition) is 14. The van der Waals surface area contributed by atoms with Crippen LogP contribution in [-0.2, 0) is 59.2 Å². The molecule has 538 valence electrons. The van der Waals surface area contributed by atoms with Gasteiger partial charge in [0.05, 0.1) is 6.10 Å². The topological polar surface area (TPSA) is 292 Å². The molecule has 5 N–H and O–H groups in total. The van der Waals surface area contributed by atoms with Crippen molar-refractivity contribution in [3.8, 4) is 0 Å². The number of nitrogens with one attached hydrogen (secondary N) is 4. The first-order valence-corrected chi connectivity index (χ1v) is 35.2. The van der Waals surface area contributed by atoms with E-state index in [1.54, 1.807) is 60.0 Å². The normalized spacial score (nSPS) is 26.1. The molecule has 2 rings (SSSR count). The van der Waals surface area contributed by atoms with Crippen molar-refractivity contribution in [2.24, 2.45) is 41.4 Å². The summed E-state index contributed by atoms with van der Waals surface area (Å²) < 4.78 is 0. The van der Waals surface area contributed by atoms with Crippen LogP contribution in [0.5, 0.6) is 0 Å². The average Bonchev–Trinajstić information content (AvgIpc) is 0.814. The predicted octanol–water partition coefficient (Wildman–Crippen LogP) is 5.01. The number of hydrogen-bond donors (Lipinski definition) is 5. The lowest BCUT2D eigenvalue weighted by atomic mass is 9.91. The molecule has 1 aliphatic heterocycles. The minimum Gasteiger partial charge on any atom is -0.390 e. The van der Waals surface area contributed by atoms with Gasteiger partial charge in [-0.05, 0) is 131 Å². The Morgan fingerprint density at radius 3 is 1.38 bits per heavy atom. The van der Waals surface area contributed by atoms with E-state index in [9.17, 15) is 29.1 Å². The number of allylic oxidation sites excluding steroid dienone is 2. The molecular formula is C70H120N12O12S. The zero-order valence-corrected chi connectivity index (χ0v) is 62.5. The minimum atomic E-state index is -1.64. The number of aliphatic hydroxyl groups is 1. The van der Waals surface area contributed by atoms with Gasteiger partial charge in [-0.3, -0.25) is 57.7 Å². The van der Waals surface area contributed by atoms with Crippen LogP contribution in [0.3, 0.4) is 0 Å². The molecule has 2 heterocycles. The summed E-state index contributed by atoms with van der Waals surface area (Å²) in [5, 5.41) is 23.5. The largest absolute Gasteiger partial charge is 0.390 e. The van der Waals surface area contributed by atoms with Crippen molar-refractivity contribution >= 4 is 76.7 Å². The van der Waals surface area contributed by atoms with Gasteiger partial charge in [0.2, 0.25) is 65.0 Å². The Morgan fingerprint density at radius 2 is 0.905 bits per heavy atom. The number of amides is 11. The number of carbonyl (C=O) groups is 11. The second-order valence-corrected chi connectivity index (χ2v) is 29.6. The number of pyridine rings is 1. The second-order valence-electron chi connectivity index (χ2n) is 28.5. The van der Waals surface area contributed by atoms with Gasteiger partial charge in [-0.25, -0.2) is 0 Å². The van der Waals surface area contributed by atoms with Gasteiger partial charge < -0.3 is 60.7 Å². The van der Waals surface area contributed by atoms with E-state index in [1.165, 1.54) is 104 Å². The second kappa shape index (κ2) is 39.6. The molecule has 0 spiro atoms. The Hall–Kier alpha value is -6.63. The monoisotopic (exact) mass is 1350 g/mol. The fraction of sp³-hybridized carbons (Fsp3) is 0.743. The molecule has 0 unspecified atom stereocenters. The SMILES string of the molecule is C/C=C/C[C@@H](C)[C@@H](O)[C@@H]1C(=O)N[C@H](CC)C(=O)N(C)[C@H](CSCCc2ccncc2)C(=O)N(C)[C@@H](CC(C)C)C(=O)N[C@H](C(C)C)C(=O)N(C)[C@H](CC(C)C)C(=O)N[C@H](C)C(=O)N[C@@H](C)C(=O)N(C)[C@H](CC(C)C)C(=O)N(C)[C@H](CC(C)C)C(=O)N(C)[C@H](C(C)C)C(=O)N1C. The number of carbonyl (C=O) groups excluding carboxylic acids is 11. The fourth-order valence-corrected chi connectivity index (χ4v) is 13.1. The van der Waals surface area contributed by atoms with Crippen LogP contribution >= 0.6 is 11.8 Å². The van der Waals surface area contributed by atoms with Crippen molar-refractivity contribution < 1.29 is 57.8 Å². The van der Waals surface area contributed by atoms with Gasteiger partial charge in [0.25, 0.3) is 0 Å². The lowest BCUT2D eigenvalue weighted by molar-refractivity contribution is -0.157. The van der Waals surface area contributed by atoms with E-state index in [4.69, 9.17) is 0 Å². The molecule has 24 nitrogen and oxygen atoms in total. The van der Waals surface area contributed by atoms with Crippen LogP contribution in [0.2, 0.25) is 0 Å². The van der Waals surface area contributed by atoms with Crippen molar-refractivity contribution in [3.05, 3.63) is 42.2 Å². The first-order valence-electron chi connectivity index (χ1n) is 34.0. The maximum absolute atomic E-state index is 15.4. The van der Waals surface area contributed by atoms with Gasteiger partial charge in [-0.1, -0.05) is 109 Å². The van der Waals surface area contributed by atoms with Crippen molar-refractivity contribution in [1.82, 2.24) is 60.6 Å². The molecule has 11 amide bonds. The van der Waals surface area contributed by atoms with E-state index in [2.05, 4.69) is 26.3 Å². The van der Waals surface area contributed by atoms with Gasteiger partial charge in [-0.15, -0.1) is 0 Å². The van der Waals surface area contributed by atoms with Crippen LogP contribution in [0.4, 0.5) is 0 Å². The van der Waals surface area contributed by atoms with Gasteiger partial charge in [-0.2, -0.15) is 11.8 Å². The zero-order chi connectivity index (χ0) is 72.8. The number of nitrogens with zero attached hydrogens (tertiary/aromatic N) is 8. The van der Waals surface area contributed by atoms with E-state index in [1.807, 2.05) is 80.5 Å². The lowest BCUT2D eigenvalue weighted by Gasteiger charge is -2.41. The van der Waals surface area contributed by atoms with Gasteiger partial charge >= 0.3 is 0 Å². The highest BCUT2D eigenvalue weighted by molar-refractivity contribution is 7.99. The molecule has 1 saturated heterocycles. The molecule has 0 bridgehead atoms. The van der Waals surface area contributed by atoms with Gasteiger partial charge in [0.15, 0.2) is 0 Å². The van der Waals surface area contributed by atoms with E-state index in [0.717, 1.165) is 10.5 Å². The van der Waals surface area contributed by atoms with Crippen LogP contribution in [0.25, 0.3) is 0 Å². The Balaban J connectivity index is 3.11. The van der Waals surface area contributed by atoms with Crippen molar-refractivity contribution in [1.29, 1.82) is 0 Å². The standard InChI is InChI=1S/C70H120N12O12S/c1-25-27-28-46(15)59(83)58-63(87)74-50(26-2)65(89)80(22)55(39-95-34-31-49-29-32-71-33-30-49)68(92)76(18)52(36-41(5)6)62(86)75-56(44(11)12)69(93)77(19)51(35-40(3)4)61(85)72-47(16)60(84)73-48(17)64(88)78(20)53(37-42(7)8)66(90)79(21)54(38-43(9)10)67(91)81(23)57(45(13)14)70(94)82(58)24/h25,27,29-30,32-33,40-48,50-59,83H,26,28,31,34-39H2,1-24H3,(H,72,85)(H,73,84)(H,74,87)(H,75,86)/b27-25+/t46-,47-,48+,50-,51-,52+,53-,54-,55-,56-,57-,58-,59-/m1/s1. The van der Waals surface area contributed by atoms with Crippen LogP contribution in [-0.4, -0.2) is 243 Å². The summed E-state index contributed by atoms with van der Waals surface area (Å²) >= 11 is 1.40. The van der Waals surface area contributed by atoms with Crippen LogP contribution in [0.15, 0.2) is 36.7 Å². The molecule has 1 aromatic heterocycles. The molecule has 1 fully saturated rings. The smallest absolute Gasteiger partial charge is 0.246 e. The number of thioether (sulfide) groups is 1. The summed E-state index contributed by atoms with van der Waals surface area (Å²) in [6.45, 7) is 30.0. The quantitative estimate of drug-likeness (QED) is 0.0848. The molecule has 0 aliphatic carbocycles. The highest BCUT2D eigenvalue weighted by Gasteiger charge is 2.46. The Morgan fingerprint density at radius 1 is 0.484 bits per heavy atom. The minimum absolute atomic E-state index is 0.00302. The Kier molecular flexibility index (Phi) is 35.2. The fourth-order valence-electron chi connectivity index (χ4n) is 11.9. The maximum atomic E-state index is 15.4. The molecule has 1 aromatic rings. The van der Waals surface area contributed by atoms with Crippen LogP contribution < -0.4 is 21.3 Å². The molecular weight excluding hydrogens is 1230 g/mol. The molecule has 1 aliphatic rings. The molecule has 0 aromatic carbocycles. The summed E-state index contributed by atoms with van der Waals surface area (Å²) in [6.07, 6.45) is 6.89. The van der Waals surface area contributed by atoms with Crippen molar-refractivity contribution in [3.63, 3.8) is 0 Å². The Bertz CT molecular complexity index is 2750. The summed E-state index contributed by atoms with van der Waals surface area (Å²) in [5.74, 6) is -9.30. The number of likely N-dealkylation sites (N-methyl/N-ethyl adjacent to an activating group) is 7. The number of rotatable bonds is 20. The molecule has 0 saturated carbocycles. The number of aliphatic hydroxyl groups excluding tert-OH is 1. The zero-order valence-electron chi connectivity index (χ0n) is 61.7. The third-order valence-electron chi connectivity index (χ3n) is 17.9. The molecule has 95 heavy (non-hydrogen) atoms. The maximum Gasteiger partial charge on any atom is 0.246 e. The number of aryl methyl sites for hydroxylation is 1. The summed E-state index contributed by atoms with van der Waals surface area (Å²) in [7, 11) is 10.1. The Labute approximate surface area is 572 Å². The summed E-state index contributed by atoms with van der Waals surface area (Å²) in [5.41, 5.74) is 0.993. The van der Waals surface area contributed by atoms with E-state index < -0.39 is 155 Å². The lowest BCUT2D eigenvalue weighted by Crippen LogP contribution is -2.64. The van der Waals surface area contributed by atoms with Crippen LogP contribution in [0.1, 0.15) is 162 Å². The number of aromatic nitrogens is 1. The first kappa shape index (κ1) is 84.5. The van der Waals surface area contributed by atoms with E-state index >= 15 is 28.8 Å². The van der Waals surface area contributed by atoms with Gasteiger partial charge in [0.1, 0.15) is 66.5 Å². The highest BCUT2D eigenvalue weighted by atomic mass is 32.2. The molecule has 13 atom stereocenters. The van der Waals surface area contributed by atoms with Crippen LogP contribution in [0, 0.1) is 41.4 Å².